The Morgan fingerprint density at radius 3 is 3.12 bits per heavy atom. The number of fused-ring (bicyclic) bond motifs is 1. The van der Waals surface area contributed by atoms with Gasteiger partial charge in [0.1, 0.15) is 16.5 Å². The zero-order valence-electron chi connectivity index (χ0n) is 9.26. The van der Waals surface area contributed by atoms with Crippen LogP contribution in [0.4, 0.5) is 5.82 Å². The lowest BCUT2D eigenvalue weighted by atomic mass is 10.1. The second-order valence-corrected chi connectivity index (χ2v) is 4.75. The van der Waals surface area contributed by atoms with Crippen LogP contribution in [0.2, 0.25) is 0 Å². The van der Waals surface area contributed by atoms with E-state index in [2.05, 4.69) is 32.3 Å². The van der Waals surface area contributed by atoms with E-state index in [-0.39, 0.29) is 18.6 Å². The summed E-state index contributed by atoms with van der Waals surface area (Å²) >= 11 is 5.21. The van der Waals surface area contributed by atoms with Gasteiger partial charge in [-0.3, -0.25) is 0 Å². The Morgan fingerprint density at radius 2 is 2.35 bits per heavy atom. The highest BCUT2D eigenvalue weighted by Crippen LogP contribution is 2.31. The predicted molar refractivity (Wildman–Crippen MR) is 68.9 cm³/mol. The fourth-order valence-electron chi connectivity index (χ4n) is 2.34. The minimum Gasteiger partial charge on any atom is -0.396 e. The molecule has 0 radical (unpaired) electrons. The van der Waals surface area contributed by atoms with E-state index in [9.17, 15) is 0 Å². The minimum atomic E-state index is 0.206. The average Bonchev–Trinajstić information content (AvgIpc) is 2.94. The first-order valence-corrected chi connectivity index (χ1v) is 6.08. The minimum absolute atomic E-state index is 0.206. The lowest BCUT2D eigenvalue weighted by Crippen LogP contribution is -2.35. The second-order valence-electron chi connectivity index (χ2n) is 4.34. The van der Waals surface area contributed by atoms with Crippen LogP contribution in [0.5, 0.6) is 0 Å². The van der Waals surface area contributed by atoms with Crippen LogP contribution in [0.1, 0.15) is 18.2 Å². The number of nitrogens with one attached hydrogen (secondary N) is 2. The summed E-state index contributed by atoms with van der Waals surface area (Å²) in [4.78, 5) is 5.03. The van der Waals surface area contributed by atoms with Gasteiger partial charge in [0, 0.05) is 12.5 Å². The summed E-state index contributed by atoms with van der Waals surface area (Å²) < 4.78 is 2.09. The molecule has 0 aromatic carbocycles. The summed E-state index contributed by atoms with van der Waals surface area (Å²) in [6.07, 6.45) is 6.92. The van der Waals surface area contributed by atoms with E-state index in [1.54, 1.807) is 0 Å². The standard InChI is InChI=1S/C11H14N4OS/c16-4-7-1-2-8(3-7)15-6-14-9-10(15)12-5-13-11(9)17/h1-2,6-8,12,16H,3-5H2,(H,13,17)/t7-,8+/m0/s1. The second kappa shape index (κ2) is 4.12. The Hall–Kier alpha value is -1.40. The van der Waals surface area contributed by atoms with E-state index < -0.39 is 0 Å². The molecule has 2 atom stereocenters. The van der Waals surface area contributed by atoms with Crippen LogP contribution in [0.15, 0.2) is 18.5 Å². The first-order chi connectivity index (χ1) is 8.29. The molecule has 5 nitrogen and oxygen atoms in total. The van der Waals surface area contributed by atoms with Crippen LogP contribution < -0.4 is 10.6 Å². The molecule has 0 spiro atoms. The molecule has 0 bridgehead atoms. The quantitative estimate of drug-likeness (QED) is 0.531. The highest BCUT2D eigenvalue weighted by atomic mass is 32.1. The average molecular weight is 250 g/mol. The maximum absolute atomic E-state index is 9.14. The van der Waals surface area contributed by atoms with Crippen molar-refractivity contribution in [1.29, 1.82) is 0 Å². The molecular weight excluding hydrogens is 236 g/mol. The lowest BCUT2D eigenvalue weighted by Gasteiger charge is -2.21. The van der Waals surface area contributed by atoms with Crippen LogP contribution in [0, 0.1) is 5.92 Å². The van der Waals surface area contributed by atoms with Crippen molar-refractivity contribution in [2.24, 2.45) is 5.92 Å². The molecule has 0 unspecified atom stereocenters. The van der Waals surface area contributed by atoms with Crippen molar-refractivity contribution in [2.75, 3.05) is 18.6 Å². The fraction of sp³-hybridized carbons (Fsp3) is 0.455. The van der Waals surface area contributed by atoms with Crippen molar-refractivity contribution in [3.8, 4) is 0 Å². The van der Waals surface area contributed by atoms with Crippen molar-refractivity contribution in [3.05, 3.63) is 24.2 Å². The molecule has 2 heterocycles. The molecule has 6 heteroatoms. The molecule has 1 aliphatic heterocycles. The molecule has 3 rings (SSSR count). The number of hydrogen-bond acceptors (Lipinski definition) is 4. The van der Waals surface area contributed by atoms with Crippen molar-refractivity contribution >= 4 is 23.0 Å². The van der Waals surface area contributed by atoms with Gasteiger partial charge in [-0.1, -0.05) is 24.4 Å². The third-order valence-electron chi connectivity index (χ3n) is 3.26. The van der Waals surface area contributed by atoms with Gasteiger partial charge in [0.25, 0.3) is 0 Å². The van der Waals surface area contributed by atoms with Crippen LogP contribution in [0.3, 0.4) is 0 Å². The molecule has 90 valence electrons. The number of aromatic nitrogens is 2. The van der Waals surface area contributed by atoms with E-state index in [0.29, 0.717) is 11.7 Å². The number of thiocarbonyl (C=S) groups is 1. The summed E-state index contributed by atoms with van der Waals surface area (Å²) in [5.41, 5.74) is 0.812. The zero-order valence-corrected chi connectivity index (χ0v) is 10.1. The third-order valence-corrected chi connectivity index (χ3v) is 3.59. The van der Waals surface area contributed by atoms with Gasteiger partial charge in [0.15, 0.2) is 0 Å². The number of rotatable bonds is 2. The van der Waals surface area contributed by atoms with Crippen LogP contribution in [-0.4, -0.2) is 32.9 Å². The van der Waals surface area contributed by atoms with Gasteiger partial charge >= 0.3 is 0 Å². The molecule has 2 aliphatic rings. The number of aliphatic hydroxyl groups is 1. The van der Waals surface area contributed by atoms with E-state index in [4.69, 9.17) is 17.3 Å². The van der Waals surface area contributed by atoms with Crippen LogP contribution >= 0.6 is 12.2 Å². The van der Waals surface area contributed by atoms with Crippen molar-refractivity contribution in [3.63, 3.8) is 0 Å². The van der Waals surface area contributed by atoms with Gasteiger partial charge in [-0.2, -0.15) is 0 Å². The normalized spacial score (nSPS) is 26.5. The molecular formula is C11H14N4OS. The van der Waals surface area contributed by atoms with Crippen LogP contribution in [-0.2, 0) is 0 Å². The molecule has 0 saturated carbocycles. The van der Waals surface area contributed by atoms with Gasteiger partial charge in [0.2, 0.25) is 0 Å². The van der Waals surface area contributed by atoms with Gasteiger partial charge < -0.3 is 20.3 Å². The van der Waals surface area contributed by atoms with Gasteiger partial charge in [-0.05, 0) is 6.42 Å². The summed E-state index contributed by atoms with van der Waals surface area (Å²) in [5.74, 6) is 1.23. The van der Waals surface area contributed by atoms with Crippen LogP contribution in [0.25, 0.3) is 0 Å². The Labute approximate surface area is 105 Å². The molecule has 17 heavy (non-hydrogen) atoms. The van der Waals surface area contributed by atoms with E-state index >= 15 is 0 Å². The lowest BCUT2D eigenvalue weighted by molar-refractivity contribution is 0.244. The van der Waals surface area contributed by atoms with Gasteiger partial charge in [-0.25, -0.2) is 4.98 Å². The zero-order chi connectivity index (χ0) is 11.8. The summed E-state index contributed by atoms with van der Waals surface area (Å²) in [6, 6.07) is 0.261. The molecule has 3 N–H and O–H groups in total. The highest BCUT2D eigenvalue weighted by Gasteiger charge is 2.25. The largest absolute Gasteiger partial charge is 0.396 e. The highest BCUT2D eigenvalue weighted by molar-refractivity contribution is 7.80. The predicted octanol–water partition coefficient (Wildman–Crippen LogP) is 0.641. The number of anilines is 1. The molecule has 1 aromatic heterocycles. The fourth-order valence-corrected chi connectivity index (χ4v) is 2.56. The number of allylic oxidation sites excluding steroid dienone is 1. The van der Waals surface area contributed by atoms with Gasteiger partial charge in [0.05, 0.1) is 19.0 Å². The Bertz CT molecular complexity index is 482. The van der Waals surface area contributed by atoms with E-state index in [1.165, 1.54) is 0 Å². The molecule has 0 amide bonds. The van der Waals surface area contributed by atoms with Crippen molar-refractivity contribution in [2.45, 2.75) is 12.5 Å². The Morgan fingerprint density at radius 1 is 1.47 bits per heavy atom. The van der Waals surface area contributed by atoms with Crippen molar-refractivity contribution in [1.82, 2.24) is 14.9 Å². The number of aliphatic hydroxyl groups excluding tert-OH is 1. The number of nitrogens with zero attached hydrogens (tertiary/aromatic N) is 2. The monoisotopic (exact) mass is 250 g/mol. The van der Waals surface area contributed by atoms with Crippen molar-refractivity contribution < 1.29 is 5.11 Å². The molecule has 1 aromatic rings. The number of imidazole rings is 1. The number of hydrogen-bond donors (Lipinski definition) is 3. The van der Waals surface area contributed by atoms with E-state index in [1.807, 2.05) is 6.33 Å². The Kier molecular flexibility index (Phi) is 2.60. The maximum atomic E-state index is 9.14. The molecule has 0 fully saturated rings. The first-order valence-electron chi connectivity index (χ1n) is 5.67. The Balaban J connectivity index is 1.90. The molecule has 1 aliphatic carbocycles. The van der Waals surface area contributed by atoms with Gasteiger partial charge in [-0.15, -0.1) is 0 Å². The molecule has 0 saturated heterocycles. The first kappa shape index (κ1) is 10.7. The summed E-state index contributed by atoms with van der Waals surface area (Å²) in [7, 11) is 0. The summed E-state index contributed by atoms with van der Waals surface area (Å²) in [6.45, 7) is 0.842. The maximum Gasteiger partial charge on any atom is 0.140 e. The summed E-state index contributed by atoms with van der Waals surface area (Å²) in [5, 5.41) is 15.4. The van der Waals surface area contributed by atoms with E-state index in [0.717, 1.165) is 17.9 Å². The topological polar surface area (TPSA) is 62.1 Å². The third kappa shape index (κ3) is 1.73. The smallest absolute Gasteiger partial charge is 0.140 e. The SMILES string of the molecule is OC[C@H]1C=C[C@@H](n2cnc3c2NCNC3=S)C1.